The van der Waals surface area contributed by atoms with Gasteiger partial charge in [-0.25, -0.2) is 0 Å². The van der Waals surface area contributed by atoms with Crippen molar-refractivity contribution in [2.75, 3.05) is 0 Å². The molecule has 0 rings (SSSR count). The van der Waals surface area contributed by atoms with Crippen LogP contribution in [-0.2, 0) is 26.4 Å². The summed E-state index contributed by atoms with van der Waals surface area (Å²) in [6.07, 6.45) is 0. The molecule has 0 bridgehead atoms. The van der Waals surface area contributed by atoms with E-state index in [1.54, 1.807) is 0 Å². The van der Waals surface area contributed by atoms with E-state index in [0.717, 1.165) is 0 Å². The fourth-order valence-electron chi connectivity index (χ4n) is 0. The molecule has 4 N–H and O–H groups in total. The Balaban J connectivity index is 0. The zero-order valence-electron chi connectivity index (χ0n) is 2.79. The van der Waals surface area contributed by atoms with Crippen LogP contribution in [0.1, 0.15) is 0 Å². The molecule has 0 radical (unpaired) electrons. The van der Waals surface area contributed by atoms with Crippen molar-refractivity contribution in [3.05, 3.63) is 0 Å². The van der Waals surface area contributed by atoms with E-state index in [0.29, 0.717) is 0 Å². The van der Waals surface area contributed by atoms with Gasteiger partial charge in [0.1, 0.15) is 0 Å². The van der Waals surface area contributed by atoms with Crippen molar-refractivity contribution in [3.8, 4) is 0 Å². The molecule has 0 amide bonds. The van der Waals surface area contributed by atoms with Crippen LogP contribution in [0.25, 0.3) is 0 Å². The third-order valence-electron chi connectivity index (χ3n) is 0. The minimum Gasteiger partial charge on any atom is -0.870 e. The first-order valence-electron chi connectivity index (χ1n) is 0.789. The molecule has 0 aliphatic heterocycles. The largest absolute Gasteiger partial charge is 0.870 e. The third kappa shape index (κ3) is 525000. The standard InChI is InChI=1S/Mo.H3N.H2O.3O/h;1H3;1H2;;;/q+1;;;;;/p-1. The molecule has 0 heterocycles. The van der Waals surface area contributed by atoms with E-state index >= 15 is 0 Å². The van der Waals surface area contributed by atoms with Crippen molar-refractivity contribution in [1.82, 2.24) is 0 Å². The minimum absolute atomic E-state index is 0. The van der Waals surface area contributed by atoms with E-state index in [9.17, 15) is 0 Å². The monoisotopic (exact) mass is 180 g/mol. The summed E-state index contributed by atoms with van der Waals surface area (Å²) in [4.78, 5) is 0. The Morgan fingerprint density at radius 2 is 1.17 bits per heavy atom. The summed E-state index contributed by atoms with van der Waals surface area (Å²) in [7, 11) is 0. The van der Waals surface area contributed by atoms with Gasteiger partial charge in [0.25, 0.3) is 0 Å². The van der Waals surface area contributed by atoms with Crippen LogP contribution in [0, 0.1) is 0 Å². The maximum absolute atomic E-state index is 9.07. The average molecular weight is 178 g/mol. The van der Waals surface area contributed by atoms with Gasteiger partial charge >= 0.3 is 30.7 Å². The zero-order valence-corrected chi connectivity index (χ0v) is 4.79. The van der Waals surface area contributed by atoms with Gasteiger partial charge in [0, 0.05) is 0 Å². The zero-order chi connectivity index (χ0) is 4.50. The van der Waals surface area contributed by atoms with Gasteiger partial charge in [-0.05, 0) is 0 Å². The molecule has 6 heteroatoms. The fraction of sp³-hybridized carbons (Fsp3) is 0. The molecule has 0 fully saturated rings. The van der Waals surface area contributed by atoms with Crippen molar-refractivity contribution >= 4 is 0 Å². The summed E-state index contributed by atoms with van der Waals surface area (Å²) >= 11 is -5.02. The van der Waals surface area contributed by atoms with E-state index in [2.05, 4.69) is 4.29 Å². The van der Waals surface area contributed by atoms with Crippen LogP contribution in [0.2, 0.25) is 0 Å². The van der Waals surface area contributed by atoms with Crippen molar-refractivity contribution < 1.29 is 36.2 Å². The predicted octanol–water partition coefficient (Wildman–Crippen LogP) is -1.84. The average Bonchev–Trinajstić information content (AvgIpc) is 0.722. The van der Waals surface area contributed by atoms with E-state index in [-0.39, 0.29) is 5.48 Å². The van der Waals surface area contributed by atoms with Gasteiger partial charge in [0.15, 0.2) is 0 Å². The smallest absolute Gasteiger partial charge is 0.870 e. The molecule has 0 aromatic rings. The van der Waals surface area contributed by atoms with Gasteiger partial charge in [-0.15, -0.1) is 0 Å². The summed E-state index contributed by atoms with van der Waals surface area (Å²) in [5, 5.41) is 0. The summed E-state index contributed by atoms with van der Waals surface area (Å²) in [5.41, 5.74) is 0. The Hall–Kier alpha value is 0.00831. The summed E-state index contributed by atoms with van der Waals surface area (Å²) < 4.78 is 29.5. The van der Waals surface area contributed by atoms with Crippen molar-refractivity contribution in [3.63, 3.8) is 0 Å². The van der Waals surface area contributed by atoms with Gasteiger partial charge in [-0.2, -0.15) is 0 Å². The second-order valence-corrected chi connectivity index (χ2v) is 3.30. The Morgan fingerprint density at radius 1 is 1.17 bits per heavy atom. The van der Waals surface area contributed by atoms with Gasteiger partial charge in [-0.1, -0.05) is 0 Å². The number of rotatable bonds is 0. The molecule has 0 spiro atoms. The summed E-state index contributed by atoms with van der Waals surface area (Å²) in [6, 6.07) is 0. The van der Waals surface area contributed by atoms with Crippen LogP contribution in [0.4, 0.5) is 0 Å². The minimum atomic E-state index is -5.02. The van der Waals surface area contributed by atoms with Gasteiger partial charge in [0.2, 0.25) is 0 Å². The topological polar surface area (TPSA) is 109 Å². The molecule has 0 aromatic carbocycles. The second kappa shape index (κ2) is 2.23. The second-order valence-electron chi connectivity index (χ2n) is 0.558. The maximum Gasteiger partial charge on any atom is -0.870 e. The first-order valence-corrected chi connectivity index (χ1v) is 4.67. The van der Waals surface area contributed by atoms with Crippen molar-refractivity contribution in [2.24, 2.45) is 0 Å². The molecule has 39 valence electrons. The SMILES string of the molecule is [NH3+][Mo](=[O])(=[O])=[O].[OH-]. The summed E-state index contributed by atoms with van der Waals surface area (Å²) in [6.45, 7) is 0. The molecule has 0 saturated heterocycles. The van der Waals surface area contributed by atoms with Crippen LogP contribution < -0.4 is 4.29 Å². The molecular weight excluding hydrogens is 174 g/mol. The van der Waals surface area contributed by atoms with Crippen LogP contribution in [0.5, 0.6) is 0 Å². The molecule has 0 atom stereocenters. The molecule has 5 nitrogen and oxygen atoms in total. The maximum atomic E-state index is 9.07. The van der Waals surface area contributed by atoms with Crippen LogP contribution in [0.3, 0.4) is 0 Å². The number of hydrogen-bond acceptors (Lipinski definition) is 4. The van der Waals surface area contributed by atoms with Crippen molar-refractivity contribution in [2.45, 2.75) is 0 Å². The summed E-state index contributed by atoms with van der Waals surface area (Å²) in [5.74, 6) is 0. The Labute approximate surface area is 36.9 Å². The van der Waals surface area contributed by atoms with Crippen LogP contribution >= 0.6 is 0 Å². The molecule has 6 heavy (non-hydrogen) atoms. The predicted molar refractivity (Wildman–Crippen MR) is 6.88 cm³/mol. The molecule has 0 aliphatic carbocycles. The van der Waals surface area contributed by atoms with E-state index in [4.69, 9.17) is 10.2 Å². The molecular formula is H4MoNO4. The van der Waals surface area contributed by atoms with E-state index < -0.39 is 16.2 Å². The van der Waals surface area contributed by atoms with Crippen LogP contribution in [0.15, 0.2) is 0 Å². The molecule has 0 aliphatic rings. The Bertz CT molecular complexity index is 129. The molecule has 0 aromatic heterocycles. The van der Waals surface area contributed by atoms with E-state index in [1.807, 2.05) is 0 Å². The number of hydrogen-bond donors (Lipinski definition) is 1. The molecule has 0 unspecified atom stereocenters. The Morgan fingerprint density at radius 3 is 1.17 bits per heavy atom. The van der Waals surface area contributed by atoms with Gasteiger partial charge in [-0.3, -0.25) is 0 Å². The quantitative estimate of drug-likeness (QED) is 0.439. The van der Waals surface area contributed by atoms with Crippen LogP contribution in [-0.4, -0.2) is 5.48 Å². The van der Waals surface area contributed by atoms with Gasteiger partial charge in [0.05, 0.1) is 0 Å². The normalized spacial score (nSPS) is 9.50. The van der Waals surface area contributed by atoms with E-state index in [1.165, 1.54) is 0 Å². The fourth-order valence-corrected chi connectivity index (χ4v) is 0. The van der Waals surface area contributed by atoms with Crippen molar-refractivity contribution in [1.29, 1.82) is 0 Å². The van der Waals surface area contributed by atoms with Gasteiger partial charge < -0.3 is 5.48 Å². The first-order chi connectivity index (χ1) is 2.00. The molecule has 0 saturated carbocycles. The Kier molecular flexibility index (Phi) is 3.48. The third-order valence-corrected chi connectivity index (χ3v) is 0. The first kappa shape index (κ1) is 9.38. The number of quaternary nitrogens is 1.